The molecule has 7 nitrogen and oxygen atoms in total. The van der Waals surface area contributed by atoms with Crippen LogP contribution in [0.3, 0.4) is 0 Å². The molecule has 2 rings (SSSR count). The van der Waals surface area contributed by atoms with Crippen molar-refractivity contribution in [1.82, 2.24) is 14.1 Å². The van der Waals surface area contributed by atoms with Gasteiger partial charge in [0.25, 0.3) is 0 Å². The summed E-state index contributed by atoms with van der Waals surface area (Å²) >= 11 is 0. The van der Waals surface area contributed by atoms with Gasteiger partial charge in [0.2, 0.25) is 15.9 Å². The summed E-state index contributed by atoms with van der Waals surface area (Å²) in [6.45, 7) is 1.35. The molecule has 32 heavy (non-hydrogen) atoms. The molecule has 0 heterocycles. The van der Waals surface area contributed by atoms with Gasteiger partial charge in [0, 0.05) is 33.2 Å². The molecule has 0 atom stereocenters. The zero-order chi connectivity index (χ0) is 24.1. The number of hydrogen-bond acceptors (Lipinski definition) is 5. The van der Waals surface area contributed by atoms with E-state index >= 15 is 0 Å². The second-order valence-electron chi connectivity index (χ2n) is 8.40. The molecule has 1 aromatic rings. The molecular weight excluding hydrogens is 447 g/mol. The quantitative estimate of drug-likeness (QED) is 0.545. The smallest absolute Gasteiger partial charge is 0.368 e. The number of ether oxygens (including phenoxy) is 1. The van der Waals surface area contributed by atoms with Crippen LogP contribution in [-0.2, 0) is 25.7 Å². The molecular formula is C21H32F3N3O4S. The van der Waals surface area contributed by atoms with Crippen molar-refractivity contribution < 1.29 is 31.1 Å². The third-order valence-electron chi connectivity index (χ3n) is 5.77. The van der Waals surface area contributed by atoms with Gasteiger partial charge in [-0.2, -0.15) is 17.5 Å². The fourth-order valence-electron chi connectivity index (χ4n) is 3.53. The molecule has 0 unspecified atom stereocenters. The van der Waals surface area contributed by atoms with E-state index in [4.69, 9.17) is 4.74 Å². The van der Waals surface area contributed by atoms with E-state index in [9.17, 15) is 26.4 Å². The second-order valence-corrected chi connectivity index (χ2v) is 10.4. The van der Waals surface area contributed by atoms with Gasteiger partial charge in [0.1, 0.15) is 6.61 Å². The van der Waals surface area contributed by atoms with Crippen LogP contribution in [0.25, 0.3) is 0 Å². The summed E-state index contributed by atoms with van der Waals surface area (Å²) in [7, 11) is 3.13. The predicted molar refractivity (Wildman–Crippen MR) is 115 cm³/mol. The van der Waals surface area contributed by atoms with E-state index in [0.29, 0.717) is 32.2 Å². The summed E-state index contributed by atoms with van der Waals surface area (Å²) in [6, 6.07) is 3.25. The number of halogens is 3. The first kappa shape index (κ1) is 26.6. The molecule has 0 radical (unpaired) electrons. The fraction of sp³-hybridized carbons (Fsp3) is 0.667. The third-order valence-corrected chi connectivity index (χ3v) is 7.69. The molecule has 0 aromatic heterocycles. The maximum Gasteiger partial charge on any atom is 0.416 e. The molecule has 1 aromatic carbocycles. The van der Waals surface area contributed by atoms with Crippen molar-refractivity contribution in [2.24, 2.45) is 0 Å². The minimum atomic E-state index is -4.52. The third kappa shape index (κ3) is 7.16. The van der Waals surface area contributed by atoms with E-state index in [1.54, 1.807) is 11.9 Å². The Hall–Kier alpha value is -1.69. The molecule has 0 N–H and O–H groups in total. The molecule has 1 fully saturated rings. The summed E-state index contributed by atoms with van der Waals surface area (Å²) in [5.41, 5.74) is -0.890. The number of rotatable bonds is 9. The highest BCUT2D eigenvalue weighted by Gasteiger charge is 2.34. The van der Waals surface area contributed by atoms with Crippen LogP contribution in [0.15, 0.2) is 29.2 Å². The maximum atomic E-state index is 12.8. The Morgan fingerprint density at radius 2 is 1.56 bits per heavy atom. The number of hydrogen-bond donors (Lipinski definition) is 0. The Kier molecular flexibility index (Phi) is 9.09. The lowest BCUT2D eigenvalue weighted by atomic mass is 9.93. The number of nitrogens with zero attached hydrogens (tertiary/aromatic N) is 3. The largest absolute Gasteiger partial charge is 0.416 e. The zero-order valence-electron chi connectivity index (χ0n) is 18.9. The van der Waals surface area contributed by atoms with Crippen molar-refractivity contribution in [3.63, 3.8) is 0 Å². The maximum absolute atomic E-state index is 12.8. The van der Waals surface area contributed by atoms with Crippen molar-refractivity contribution in [3.8, 4) is 0 Å². The topological polar surface area (TPSA) is 70.2 Å². The molecule has 0 spiro atoms. The Morgan fingerprint density at radius 1 is 1.00 bits per heavy atom. The van der Waals surface area contributed by atoms with E-state index in [1.165, 1.54) is 11.4 Å². The first-order valence-corrected chi connectivity index (χ1v) is 11.9. The molecule has 1 aliphatic carbocycles. The summed E-state index contributed by atoms with van der Waals surface area (Å²) in [4.78, 5) is 15.6. The molecule has 1 amide bonds. The number of carbonyl (C=O) groups is 1. The Balaban J connectivity index is 1.86. The van der Waals surface area contributed by atoms with Crippen molar-refractivity contribution >= 4 is 15.9 Å². The first-order chi connectivity index (χ1) is 14.8. The predicted octanol–water partition coefficient (Wildman–Crippen LogP) is 2.67. The lowest BCUT2D eigenvalue weighted by Gasteiger charge is -2.34. The highest BCUT2D eigenvalue weighted by molar-refractivity contribution is 7.89. The van der Waals surface area contributed by atoms with Gasteiger partial charge >= 0.3 is 6.18 Å². The average molecular weight is 480 g/mol. The minimum Gasteiger partial charge on any atom is -0.368 e. The standard InChI is InChI=1S/C21H32F3N3O4S/c1-25(2)13-14-26(3)20(28)15-31-18-9-7-17(8-10-18)27(4)32(29,30)19-11-5-16(6-12-19)21(22,23)24/h5-6,11-12,17-18H,7-10,13-15H2,1-4H3/t17-,18-. The molecule has 1 saturated carbocycles. The number of alkyl halides is 3. The Morgan fingerprint density at radius 3 is 2.06 bits per heavy atom. The number of sulfonamides is 1. The summed E-state index contributed by atoms with van der Waals surface area (Å²) < 4.78 is 70.8. The highest BCUT2D eigenvalue weighted by atomic mass is 32.2. The number of amides is 1. The van der Waals surface area contributed by atoms with Gasteiger partial charge in [0.05, 0.1) is 16.6 Å². The van der Waals surface area contributed by atoms with Gasteiger partial charge in [0.15, 0.2) is 0 Å². The number of likely N-dealkylation sites (N-methyl/N-ethyl adjacent to an activating group) is 2. The van der Waals surface area contributed by atoms with E-state index in [0.717, 1.165) is 30.8 Å². The van der Waals surface area contributed by atoms with Crippen LogP contribution >= 0.6 is 0 Å². The van der Waals surface area contributed by atoms with Crippen molar-refractivity contribution in [2.45, 2.75) is 48.9 Å². The minimum absolute atomic E-state index is 0.0149. The van der Waals surface area contributed by atoms with Crippen molar-refractivity contribution in [1.29, 1.82) is 0 Å². The zero-order valence-corrected chi connectivity index (χ0v) is 19.7. The van der Waals surface area contributed by atoms with Crippen LogP contribution in [0.1, 0.15) is 31.2 Å². The van der Waals surface area contributed by atoms with Crippen LogP contribution in [0.2, 0.25) is 0 Å². The molecule has 11 heteroatoms. The van der Waals surface area contributed by atoms with E-state index in [1.807, 2.05) is 19.0 Å². The normalized spacial score (nSPS) is 20.0. The van der Waals surface area contributed by atoms with Gasteiger partial charge < -0.3 is 14.5 Å². The lowest BCUT2D eigenvalue weighted by molar-refractivity contribution is -0.138. The summed E-state index contributed by atoms with van der Waals surface area (Å²) in [5, 5.41) is 0. The highest BCUT2D eigenvalue weighted by Crippen LogP contribution is 2.32. The first-order valence-electron chi connectivity index (χ1n) is 10.5. The van der Waals surface area contributed by atoms with Crippen LogP contribution in [0.4, 0.5) is 13.2 Å². The van der Waals surface area contributed by atoms with Gasteiger partial charge in [-0.05, 0) is 64.0 Å². The Labute approximate surface area is 188 Å². The summed E-state index contributed by atoms with van der Waals surface area (Å²) in [5.74, 6) is -0.101. The lowest BCUT2D eigenvalue weighted by Crippen LogP contribution is -2.41. The van der Waals surface area contributed by atoms with Crippen molar-refractivity contribution in [2.75, 3.05) is 47.9 Å². The second kappa shape index (κ2) is 11.0. The van der Waals surface area contributed by atoms with E-state index in [2.05, 4.69) is 0 Å². The monoisotopic (exact) mass is 479 g/mol. The number of benzene rings is 1. The molecule has 0 bridgehead atoms. The van der Waals surface area contributed by atoms with Crippen molar-refractivity contribution in [3.05, 3.63) is 29.8 Å². The SMILES string of the molecule is CN(C)CCN(C)C(=O)CO[C@H]1CC[C@H](N(C)S(=O)(=O)c2ccc(C(F)(F)F)cc2)CC1. The molecule has 0 saturated heterocycles. The fourth-order valence-corrected chi connectivity index (χ4v) is 4.94. The van der Waals surface area contributed by atoms with Gasteiger partial charge in [-0.3, -0.25) is 4.79 Å². The van der Waals surface area contributed by atoms with Crippen LogP contribution in [-0.4, -0.2) is 88.5 Å². The van der Waals surface area contributed by atoms with E-state index in [-0.39, 0.29) is 29.6 Å². The average Bonchev–Trinajstić information content (AvgIpc) is 2.75. The van der Waals surface area contributed by atoms with Gasteiger partial charge in [-0.15, -0.1) is 0 Å². The van der Waals surface area contributed by atoms with Crippen LogP contribution in [0, 0.1) is 0 Å². The van der Waals surface area contributed by atoms with Gasteiger partial charge in [-0.1, -0.05) is 0 Å². The van der Waals surface area contributed by atoms with Crippen LogP contribution in [0.5, 0.6) is 0 Å². The molecule has 182 valence electrons. The van der Waals surface area contributed by atoms with Gasteiger partial charge in [-0.25, -0.2) is 8.42 Å². The molecule has 1 aliphatic rings. The Bertz CT molecular complexity index is 852. The number of carbonyl (C=O) groups excluding carboxylic acids is 1. The molecule has 0 aliphatic heterocycles. The van der Waals surface area contributed by atoms with E-state index < -0.39 is 21.8 Å². The summed E-state index contributed by atoms with van der Waals surface area (Å²) in [6.07, 6.45) is -2.34. The van der Waals surface area contributed by atoms with Crippen LogP contribution < -0.4 is 0 Å².